The van der Waals surface area contributed by atoms with Crippen molar-refractivity contribution in [2.45, 2.75) is 24.3 Å². The van der Waals surface area contributed by atoms with Crippen LogP contribution >= 0.6 is 0 Å². The summed E-state index contributed by atoms with van der Waals surface area (Å²) in [5.41, 5.74) is 0.863. The molecule has 1 spiro atoms. The minimum absolute atomic E-state index is 0.0142. The van der Waals surface area contributed by atoms with Crippen LogP contribution < -0.4 is 4.90 Å². The predicted molar refractivity (Wildman–Crippen MR) is 106 cm³/mol. The lowest BCUT2D eigenvalue weighted by Gasteiger charge is -2.33. The maximum absolute atomic E-state index is 13.3. The van der Waals surface area contributed by atoms with Crippen LogP contribution in [0.5, 0.6) is 0 Å². The van der Waals surface area contributed by atoms with Crippen LogP contribution in [0.25, 0.3) is 0 Å². The molecule has 2 aliphatic rings. The molecule has 2 aromatic rings. The minimum atomic E-state index is -3.83. The molecule has 0 unspecified atom stereocenters. The number of benzene rings is 2. The molecule has 144 valence electrons. The summed E-state index contributed by atoms with van der Waals surface area (Å²) in [5.74, 6) is -0.612. The van der Waals surface area contributed by atoms with E-state index >= 15 is 0 Å². The first-order valence-electron chi connectivity index (χ1n) is 8.89. The highest BCUT2D eigenvalue weighted by atomic mass is 32.2. The number of amides is 1. The van der Waals surface area contributed by atoms with Crippen molar-refractivity contribution in [2.24, 2.45) is 0 Å². The number of fused-ring (bicyclic) bond motifs is 1. The molecule has 0 aliphatic carbocycles. The van der Waals surface area contributed by atoms with E-state index in [1.807, 2.05) is 6.92 Å². The summed E-state index contributed by atoms with van der Waals surface area (Å²) in [6.07, 6.45) is 0. The van der Waals surface area contributed by atoms with Gasteiger partial charge in [0.25, 0.3) is 0 Å². The molecule has 4 rings (SSSR count). The van der Waals surface area contributed by atoms with Crippen LogP contribution in [0.1, 0.15) is 22.8 Å². The van der Waals surface area contributed by atoms with Crippen LogP contribution in [0.15, 0.2) is 65.6 Å². The lowest BCUT2D eigenvalue weighted by molar-refractivity contribution is -0.117. The Balaban J connectivity index is 1.80. The van der Waals surface area contributed by atoms with E-state index in [2.05, 4.69) is 6.58 Å². The van der Waals surface area contributed by atoms with E-state index in [1.54, 1.807) is 48.5 Å². The number of aryl methyl sites for hydroxylation is 1. The average molecular weight is 396 g/mol. The number of para-hydroxylation sites is 1. The lowest BCUT2D eigenvalue weighted by Crippen LogP contribution is -2.55. The molecule has 2 aromatic carbocycles. The predicted octanol–water partition coefficient (Wildman–Crippen LogP) is 2.54. The first-order chi connectivity index (χ1) is 13.2. The zero-order chi connectivity index (χ0) is 20.3. The molecule has 2 heterocycles. The van der Waals surface area contributed by atoms with Crippen LogP contribution in [-0.4, -0.2) is 43.0 Å². The van der Waals surface area contributed by atoms with Crippen molar-refractivity contribution >= 4 is 27.4 Å². The van der Waals surface area contributed by atoms with Crippen molar-refractivity contribution in [1.29, 1.82) is 0 Å². The number of hydrogen-bond donors (Lipinski definition) is 0. The molecule has 0 aromatic heterocycles. The van der Waals surface area contributed by atoms with Crippen LogP contribution in [0.2, 0.25) is 0 Å². The maximum Gasteiger partial charge on any atom is 0.243 e. The van der Waals surface area contributed by atoms with Crippen molar-refractivity contribution in [2.75, 3.05) is 18.0 Å². The molecule has 0 N–H and O–H groups in total. The molecule has 7 heteroatoms. The standard InChI is InChI=1S/C21H20N2O4S/c1-14-8-10-17(11-9-14)28(26,27)22-12-15(2)21(13-22)20(25)18-6-4-5-7-19(18)23(21)16(3)24/h4-11H,2,12-13H2,1,3H3/t21-/m0/s1. The number of carbonyl (C=O) groups excluding carboxylic acids is 2. The monoisotopic (exact) mass is 396 g/mol. The van der Waals surface area contributed by atoms with E-state index in [4.69, 9.17) is 0 Å². The van der Waals surface area contributed by atoms with Crippen molar-refractivity contribution in [3.8, 4) is 0 Å². The summed E-state index contributed by atoms with van der Waals surface area (Å²) in [7, 11) is -3.83. The van der Waals surface area contributed by atoms with Gasteiger partial charge < -0.3 is 0 Å². The van der Waals surface area contributed by atoms with Gasteiger partial charge in [-0.15, -0.1) is 0 Å². The summed E-state index contributed by atoms with van der Waals surface area (Å²) in [6, 6.07) is 13.4. The molecule has 1 fully saturated rings. The number of Topliss-reactive ketones (excluding diaryl/α,β-unsaturated/α-hetero) is 1. The second kappa shape index (κ2) is 6.12. The number of carbonyl (C=O) groups is 2. The molecular formula is C21H20N2O4S. The molecule has 0 bridgehead atoms. The van der Waals surface area contributed by atoms with Crippen LogP contribution in [0.3, 0.4) is 0 Å². The Labute approximate surface area is 164 Å². The van der Waals surface area contributed by atoms with Gasteiger partial charge in [-0.05, 0) is 36.8 Å². The first kappa shape index (κ1) is 18.6. The second-order valence-electron chi connectivity index (χ2n) is 7.25. The van der Waals surface area contributed by atoms with Gasteiger partial charge in [-0.25, -0.2) is 8.42 Å². The summed E-state index contributed by atoms with van der Waals surface area (Å²) < 4.78 is 27.6. The first-order valence-corrected chi connectivity index (χ1v) is 10.3. The Bertz CT molecular complexity index is 1120. The van der Waals surface area contributed by atoms with E-state index < -0.39 is 15.6 Å². The summed E-state index contributed by atoms with van der Waals surface area (Å²) >= 11 is 0. The van der Waals surface area contributed by atoms with Crippen LogP contribution in [-0.2, 0) is 14.8 Å². The molecular weight excluding hydrogens is 376 g/mol. The lowest BCUT2D eigenvalue weighted by atomic mass is 9.88. The number of nitrogens with zero attached hydrogens (tertiary/aromatic N) is 2. The van der Waals surface area contributed by atoms with Gasteiger partial charge in [0.1, 0.15) is 5.54 Å². The molecule has 1 saturated heterocycles. The van der Waals surface area contributed by atoms with Crippen molar-refractivity contribution < 1.29 is 18.0 Å². The zero-order valence-electron chi connectivity index (χ0n) is 15.7. The van der Waals surface area contributed by atoms with Crippen molar-refractivity contribution in [3.63, 3.8) is 0 Å². The van der Waals surface area contributed by atoms with E-state index in [1.165, 1.54) is 16.1 Å². The number of sulfonamides is 1. The normalized spacial score (nSPS) is 22.1. The Morgan fingerprint density at radius 1 is 1.11 bits per heavy atom. The third kappa shape index (κ3) is 2.40. The van der Waals surface area contributed by atoms with Gasteiger partial charge in [-0.1, -0.05) is 36.4 Å². The van der Waals surface area contributed by atoms with Gasteiger partial charge >= 0.3 is 0 Å². The van der Waals surface area contributed by atoms with Gasteiger partial charge in [0.2, 0.25) is 15.9 Å². The molecule has 28 heavy (non-hydrogen) atoms. The Kier molecular flexibility index (Phi) is 4.06. The number of rotatable bonds is 2. The SMILES string of the molecule is C=C1CN(S(=O)(=O)c2ccc(C)cc2)C[C@@]12C(=O)c1ccccc1N2C(C)=O. The summed E-state index contributed by atoms with van der Waals surface area (Å²) in [6.45, 7) is 7.10. The fraction of sp³-hybridized carbons (Fsp3) is 0.238. The fourth-order valence-electron chi connectivity index (χ4n) is 4.09. The molecule has 1 amide bonds. The average Bonchev–Trinajstić information content (AvgIpc) is 3.13. The number of ketones is 1. The highest BCUT2D eigenvalue weighted by Crippen LogP contribution is 2.46. The van der Waals surface area contributed by atoms with Crippen LogP contribution in [0.4, 0.5) is 5.69 Å². The molecule has 1 atom stereocenters. The Hall–Kier alpha value is -2.77. The van der Waals surface area contributed by atoms with E-state index in [0.717, 1.165) is 5.56 Å². The van der Waals surface area contributed by atoms with Crippen molar-refractivity contribution in [1.82, 2.24) is 4.31 Å². The molecule has 0 saturated carbocycles. The number of anilines is 1. The van der Waals surface area contributed by atoms with E-state index in [-0.39, 0.29) is 29.7 Å². The van der Waals surface area contributed by atoms with E-state index in [0.29, 0.717) is 16.8 Å². The zero-order valence-corrected chi connectivity index (χ0v) is 16.5. The molecule has 2 aliphatic heterocycles. The smallest absolute Gasteiger partial charge is 0.243 e. The molecule has 0 radical (unpaired) electrons. The Morgan fingerprint density at radius 3 is 2.39 bits per heavy atom. The van der Waals surface area contributed by atoms with Crippen LogP contribution in [0, 0.1) is 6.92 Å². The van der Waals surface area contributed by atoms with Gasteiger partial charge in [-0.3, -0.25) is 14.5 Å². The van der Waals surface area contributed by atoms with Gasteiger partial charge in [0, 0.05) is 25.6 Å². The third-order valence-electron chi connectivity index (χ3n) is 5.48. The van der Waals surface area contributed by atoms with Gasteiger partial charge in [0.05, 0.1) is 10.6 Å². The maximum atomic E-state index is 13.3. The highest BCUT2D eigenvalue weighted by Gasteiger charge is 2.60. The minimum Gasteiger partial charge on any atom is -0.293 e. The topological polar surface area (TPSA) is 74.8 Å². The van der Waals surface area contributed by atoms with Gasteiger partial charge in [0.15, 0.2) is 5.78 Å². The Morgan fingerprint density at radius 2 is 1.75 bits per heavy atom. The molecule has 6 nitrogen and oxygen atoms in total. The third-order valence-corrected chi connectivity index (χ3v) is 7.28. The highest BCUT2D eigenvalue weighted by molar-refractivity contribution is 7.89. The number of hydrogen-bond acceptors (Lipinski definition) is 4. The second-order valence-corrected chi connectivity index (χ2v) is 9.19. The van der Waals surface area contributed by atoms with Gasteiger partial charge in [-0.2, -0.15) is 4.31 Å². The van der Waals surface area contributed by atoms with Crippen molar-refractivity contribution in [3.05, 3.63) is 71.8 Å². The fourth-order valence-corrected chi connectivity index (χ4v) is 5.55. The quantitative estimate of drug-likeness (QED) is 0.731. The summed E-state index contributed by atoms with van der Waals surface area (Å²) in [4.78, 5) is 27.4. The largest absolute Gasteiger partial charge is 0.293 e. The summed E-state index contributed by atoms with van der Waals surface area (Å²) in [5, 5.41) is 0. The van der Waals surface area contributed by atoms with E-state index in [9.17, 15) is 18.0 Å².